The lowest BCUT2D eigenvalue weighted by molar-refractivity contribution is 0.0696. The average Bonchev–Trinajstić information content (AvgIpc) is 3.60. The van der Waals surface area contributed by atoms with E-state index in [9.17, 15) is 14.7 Å². The molecule has 1 heterocycles. The first-order chi connectivity index (χ1) is 16.4. The Labute approximate surface area is 201 Å². The maximum atomic E-state index is 15.0. The van der Waals surface area contributed by atoms with Gasteiger partial charge in [-0.25, -0.2) is 9.18 Å². The van der Waals surface area contributed by atoms with Gasteiger partial charge < -0.3 is 10.4 Å². The number of halogens is 2. The number of carbonyl (C=O) groups is 2. The van der Waals surface area contributed by atoms with E-state index in [0.717, 1.165) is 48.7 Å². The molecular formula is C26H25ClFN3O3. The molecule has 34 heavy (non-hydrogen) atoms. The Hall–Kier alpha value is -3.03. The summed E-state index contributed by atoms with van der Waals surface area (Å²) < 4.78 is 16.4. The van der Waals surface area contributed by atoms with Gasteiger partial charge in [0.1, 0.15) is 5.82 Å². The van der Waals surface area contributed by atoms with Crippen LogP contribution in [0.4, 0.5) is 4.39 Å². The maximum Gasteiger partial charge on any atom is 0.335 e. The fourth-order valence-corrected chi connectivity index (χ4v) is 5.17. The van der Waals surface area contributed by atoms with Crippen LogP contribution in [0.15, 0.2) is 36.4 Å². The Bertz CT molecular complexity index is 1300. The van der Waals surface area contributed by atoms with Crippen molar-refractivity contribution in [2.75, 3.05) is 6.54 Å². The van der Waals surface area contributed by atoms with Gasteiger partial charge in [0.05, 0.1) is 27.5 Å². The van der Waals surface area contributed by atoms with E-state index < -0.39 is 11.8 Å². The Morgan fingerprint density at radius 1 is 1.24 bits per heavy atom. The molecule has 2 aromatic carbocycles. The standard InChI is InChI=1S/C26H25ClFN3O3/c1-2-29-16-9-11-19-22(13-16)31(25(32)23-17(14-6-7-14)4-3-5-20(23)27)30-24(19)18-10-8-15(26(33)34)12-21(18)28/h3-5,8,10,12,14,16,29H,2,6-7,9,11,13H2,1H3,(H,33,34). The van der Waals surface area contributed by atoms with Gasteiger partial charge in [0.25, 0.3) is 5.91 Å². The number of hydrogen-bond acceptors (Lipinski definition) is 4. The van der Waals surface area contributed by atoms with Crippen molar-refractivity contribution in [3.8, 4) is 11.3 Å². The topological polar surface area (TPSA) is 84.2 Å². The largest absolute Gasteiger partial charge is 0.478 e. The Balaban J connectivity index is 1.65. The quantitative estimate of drug-likeness (QED) is 0.513. The van der Waals surface area contributed by atoms with E-state index in [1.807, 2.05) is 19.1 Å². The number of aromatic nitrogens is 2. The second kappa shape index (κ2) is 8.96. The zero-order chi connectivity index (χ0) is 24.0. The lowest BCUT2D eigenvalue weighted by atomic mass is 9.89. The molecule has 0 amide bonds. The van der Waals surface area contributed by atoms with Crippen LogP contribution in [0, 0.1) is 5.82 Å². The van der Waals surface area contributed by atoms with Gasteiger partial charge in [-0.2, -0.15) is 9.78 Å². The van der Waals surface area contributed by atoms with Crippen molar-refractivity contribution in [3.05, 3.63) is 75.2 Å². The summed E-state index contributed by atoms with van der Waals surface area (Å²) in [5.74, 6) is -1.87. The molecule has 2 N–H and O–H groups in total. The lowest BCUT2D eigenvalue weighted by Gasteiger charge is -2.24. The van der Waals surface area contributed by atoms with Crippen LogP contribution < -0.4 is 5.32 Å². The number of rotatable bonds is 6. The highest BCUT2D eigenvalue weighted by Gasteiger charge is 2.34. The fourth-order valence-electron chi connectivity index (χ4n) is 4.91. The summed E-state index contributed by atoms with van der Waals surface area (Å²) in [6.07, 6.45) is 4.09. The molecule has 1 saturated carbocycles. The molecule has 3 aromatic rings. The third kappa shape index (κ3) is 4.03. The lowest BCUT2D eigenvalue weighted by Crippen LogP contribution is -2.35. The number of nitrogens with one attached hydrogen (secondary N) is 1. The first-order valence-electron chi connectivity index (χ1n) is 11.6. The van der Waals surface area contributed by atoms with E-state index in [2.05, 4.69) is 10.4 Å². The van der Waals surface area contributed by atoms with Crippen molar-refractivity contribution in [1.82, 2.24) is 15.1 Å². The second-order valence-corrected chi connectivity index (χ2v) is 9.37. The predicted octanol–water partition coefficient (Wildman–Crippen LogP) is 5.07. The van der Waals surface area contributed by atoms with Crippen LogP contribution in [0.5, 0.6) is 0 Å². The predicted molar refractivity (Wildman–Crippen MR) is 127 cm³/mol. The van der Waals surface area contributed by atoms with Crippen LogP contribution >= 0.6 is 11.6 Å². The van der Waals surface area contributed by atoms with Gasteiger partial charge in [0.2, 0.25) is 0 Å². The van der Waals surface area contributed by atoms with Crippen LogP contribution in [-0.4, -0.2) is 39.4 Å². The van der Waals surface area contributed by atoms with Gasteiger partial charge in [0, 0.05) is 23.6 Å². The number of carboxylic acid groups (broad SMARTS) is 1. The SMILES string of the molecule is CCNC1CCc2c(-c3ccc(C(=O)O)cc3F)nn(C(=O)c3c(Cl)cccc3C3CC3)c2C1. The third-order valence-corrected chi connectivity index (χ3v) is 7.02. The zero-order valence-corrected chi connectivity index (χ0v) is 19.5. The summed E-state index contributed by atoms with van der Waals surface area (Å²) in [5, 5.41) is 17.7. The van der Waals surface area contributed by atoms with Gasteiger partial charge in [-0.1, -0.05) is 30.7 Å². The molecule has 0 saturated heterocycles. The van der Waals surface area contributed by atoms with Gasteiger partial charge in [0.15, 0.2) is 0 Å². The number of fused-ring (bicyclic) bond motifs is 1. The molecule has 8 heteroatoms. The van der Waals surface area contributed by atoms with Crippen molar-refractivity contribution in [3.63, 3.8) is 0 Å². The summed E-state index contributed by atoms with van der Waals surface area (Å²) in [4.78, 5) is 25.1. The molecule has 6 nitrogen and oxygen atoms in total. The molecule has 1 unspecified atom stereocenters. The van der Waals surface area contributed by atoms with Crippen LogP contribution in [0.3, 0.4) is 0 Å². The number of likely N-dealkylation sites (N-methyl/N-ethyl adjacent to an activating group) is 1. The number of nitrogens with zero attached hydrogens (tertiary/aromatic N) is 2. The number of aromatic carboxylic acids is 1. The second-order valence-electron chi connectivity index (χ2n) is 8.97. The first kappa shape index (κ1) is 22.7. The van der Waals surface area contributed by atoms with Crippen LogP contribution in [0.2, 0.25) is 5.02 Å². The summed E-state index contributed by atoms with van der Waals surface area (Å²) in [6.45, 7) is 2.84. The summed E-state index contributed by atoms with van der Waals surface area (Å²) >= 11 is 6.51. The highest BCUT2D eigenvalue weighted by molar-refractivity contribution is 6.34. The van der Waals surface area contributed by atoms with Crippen molar-refractivity contribution in [2.24, 2.45) is 0 Å². The minimum Gasteiger partial charge on any atom is -0.478 e. The van der Waals surface area contributed by atoms with Gasteiger partial charge in [-0.3, -0.25) is 4.79 Å². The van der Waals surface area contributed by atoms with Crippen molar-refractivity contribution in [1.29, 1.82) is 0 Å². The molecule has 1 atom stereocenters. The number of carbonyl (C=O) groups excluding carboxylic acids is 1. The molecule has 0 aliphatic heterocycles. The van der Waals surface area contributed by atoms with Crippen molar-refractivity contribution >= 4 is 23.5 Å². The van der Waals surface area contributed by atoms with Crippen LogP contribution in [0.25, 0.3) is 11.3 Å². The number of benzene rings is 2. The van der Waals surface area contributed by atoms with E-state index >= 15 is 4.39 Å². The molecule has 1 aromatic heterocycles. The number of carboxylic acids is 1. The fraction of sp³-hybridized carbons (Fsp3) is 0.346. The molecule has 0 bridgehead atoms. The molecule has 2 aliphatic rings. The molecule has 1 fully saturated rings. The van der Waals surface area contributed by atoms with Crippen LogP contribution in [-0.2, 0) is 12.8 Å². The smallest absolute Gasteiger partial charge is 0.335 e. The Morgan fingerprint density at radius 2 is 2.03 bits per heavy atom. The first-order valence-corrected chi connectivity index (χ1v) is 12.0. The minimum atomic E-state index is -1.20. The average molecular weight is 482 g/mol. The van der Waals surface area contributed by atoms with Gasteiger partial charge >= 0.3 is 5.97 Å². The highest BCUT2D eigenvalue weighted by Crippen LogP contribution is 2.43. The van der Waals surface area contributed by atoms with E-state index in [0.29, 0.717) is 35.0 Å². The molecule has 0 radical (unpaired) electrons. The maximum absolute atomic E-state index is 15.0. The minimum absolute atomic E-state index is 0.136. The van der Waals surface area contributed by atoms with E-state index in [-0.39, 0.29) is 23.1 Å². The molecule has 176 valence electrons. The molecule has 2 aliphatic carbocycles. The van der Waals surface area contributed by atoms with E-state index in [1.165, 1.54) is 16.8 Å². The van der Waals surface area contributed by atoms with Crippen molar-refractivity contribution in [2.45, 2.75) is 51.0 Å². The molecule has 0 spiro atoms. The summed E-state index contributed by atoms with van der Waals surface area (Å²) in [7, 11) is 0. The summed E-state index contributed by atoms with van der Waals surface area (Å²) in [5.41, 5.74) is 3.40. The van der Waals surface area contributed by atoms with Gasteiger partial charge in [-0.15, -0.1) is 0 Å². The third-order valence-electron chi connectivity index (χ3n) is 6.71. The van der Waals surface area contributed by atoms with Crippen LogP contribution in [0.1, 0.15) is 69.6 Å². The zero-order valence-electron chi connectivity index (χ0n) is 18.8. The van der Waals surface area contributed by atoms with Crippen molar-refractivity contribution < 1.29 is 19.1 Å². The summed E-state index contributed by atoms with van der Waals surface area (Å²) in [6, 6.07) is 9.48. The van der Waals surface area contributed by atoms with E-state index in [1.54, 1.807) is 6.07 Å². The van der Waals surface area contributed by atoms with Gasteiger partial charge in [-0.05, 0) is 68.0 Å². The monoisotopic (exact) mass is 481 g/mol. The molecular weight excluding hydrogens is 457 g/mol. The Morgan fingerprint density at radius 3 is 2.71 bits per heavy atom. The Kier molecular flexibility index (Phi) is 6.00. The highest BCUT2D eigenvalue weighted by atomic mass is 35.5. The normalized spacial score (nSPS) is 17.4. The number of hydrogen-bond donors (Lipinski definition) is 2. The van der Waals surface area contributed by atoms with E-state index in [4.69, 9.17) is 11.6 Å². The molecule has 5 rings (SSSR count).